The third kappa shape index (κ3) is 7.49. The number of aliphatic hydroxyl groups excluding tert-OH is 1. The number of fused-ring (bicyclic) bond motifs is 1. The lowest BCUT2D eigenvalue weighted by Crippen LogP contribution is -2.47. The molecule has 38 heavy (non-hydrogen) atoms. The van der Waals surface area contributed by atoms with Crippen LogP contribution in [0.2, 0.25) is 0 Å². The molecule has 2 N–H and O–H groups in total. The number of nitrogens with zero attached hydrogens (tertiary/aromatic N) is 2. The van der Waals surface area contributed by atoms with Gasteiger partial charge in [0.15, 0.2) is 11.5 Å². The van der Waals surface area contributed by atoms with E-state index in [1.54, 1.807) is 52.2 Å². The predicted molar refractivity (Wildman–Crippen MR) is 136 cm³/mol. The Bertz CT molecular complexity index is 1230. The van der Waals surface area contributed by atoms with E-state index in [0.29, 0.717) is 16.0 Å². The second kappa shape index (κ2) is 12.3. The zero-order valence-electron chi connectivity index (χ0n) is 21.9. The number of ether oxygens (including phenoxy) is 3. The average Bonchev–Trinajstić information content (AvgIpc) is 3.32. The maximum absolute atomic E-state index is 13.3. The van der Waals surface area contributed by atoms with Crippen LogP contribution in [0.1, 0.15) is 26.3 Å². The zero-order valence-corrected chi connectivity index (χ0v) is 22.7. The summed E-state index contributed by atoms with van der Waals surface area (Å²) >= 11 is 0. The fourth-order valence-corrected chi connectivity index (χ4v) is 4.78. The molecule has 1 aliphatic rings. The predicted octanol–water partition coefficient (Wildman–Crippen LogP) is 2.76. The number of nitrogens with one attached hydrogen (secondary N) is 1. The van der Waals surface area contributed by atoms with Crippen molar-refractivity contribution in [3.63, 3.8) is 0 Å². The Labute approximate surface area is 222 Å². The molecule has 1 aliphatic heterocycles. The van der Waals surface area contributed by atoms with Gasteiger partial charge in [-0.15, -0.1) is 0 Å². The van der Waals surface area contributed by atoms with Gasteiger partial charge in [0.2, 0.25) is 6.79 Å². The van der Waals surface area contributed by atoms with Crippen LogP contribution in [0.4, 0.5) is 9.59 Å². The number of hydrogen-bond acceptors (Lipinski definition) is 9. The molecule has 1 heterocycles. The van der Waals surface area contributed by atoms with Crippen molar-refractivity contribution in [2.75, 3.05) is 27.4 Å². The lowest BCUT2D eigenvalue weighted by atomic mass is 10.0. The Hall–Kier alpha value is -3.55. The van der Waals surface area contributed by atoms with Gasteiger partial charge < -0.3 is 34.4 Å². The molecule has 0 saturated carbocycles. The van der Waals surface area contributed by atoms with Crippen LogP contribution in [0.15, 0.2) is 47.4 Å². The molecule has 0 bridgehead atoms. The number of aliphatic hydroxyl groups is 1. The van der Waals surface area contributed by atoms with Crippen molar-refractivity contribution in [3.05, 3.63) is 48.0 Å². The van der Waals surface area contributed by atoms with Crippen molar-refractivity contribution in [1.82, 2.24) is 14.7 Å². The van der Waals surface area contributed by atoms with Crippen LogP contribution in [0.3, 0.4) is 0 Å². The lowest BCUT2D eigenvalue weighted by Gasteiger charge is -2.25. The summed E-state index contributed by atoms with van der Waals surface area (Å²) in [6, 6.07) is 9.89. The van der Waals surface area contributed by atoms with Gasteiger partial charge in [-0.1, -0.05) is 26.0 Å². The summed E-state index contributed by atoms with van der Waals surface area (Å²) in [6.07, 6.45) is -2.35. The maximum atomic E-state index is 13.3. The van der Waals surface area contributed by atoms with E-state index >= 15 is 0 Å². The molecule has 0 fully saturated rings. The Morgan fingerprint density at radius 3 is 2.32 bits per heavy atom. The van der Waals surface area contributed by atoms with E-state index in [4.69, 9.17) is 19.0 Å². The molecule has 2 aromatic carbocycles. The largest absolute Gasteiger partial charge is 0.454 e. The number of sulfonamides is 1. The fourth-order valence-electron chi connectivity index (χ4n) is 3.39. The number of hydrogen-bond donors (Lipinski definition) is 2. The summed E-state index contributed by atoms with van der Waals surface area (Å²) < 4.78 is 42.9. The summed E-state index contributed by atoms with van der Waals surface area (Å²) in [5.41, 5.74) is 0.730. The Morgan fingerprint density at radius 2 is 1.71 bits per heavy atom. The minimum Gasteiger partial charge on any atom is -0.454 e. The number of benzene rings is 2. The molecule has 3 rings (SSSR count). The van der Waals surface area contributed by atoms with Gasteiger partial charge >= 0.3 is 12.2 Å². The molecule has 2 aromatic rings. The molecule has 13 heteroatoms. The van der Waals surface area contributed by atoms with E-state index < -0.39 is 34.4 Å². The minimum absolute atomic E-state index is 0.0157. The summed E-state index contributed by atoms with van der Waals surface area (Å²) in [6.45, 7) is 4.94. The minimum atomic E-state index is -4.24. The standard InChI is InChI=1S/C25H33N3O9S/c1-16(2)14-28(38(32,33)20-10-11-22-23(13-20)35-15-34-22)37-24(30)26-21(17(3)29)12-18-6-8-19(9-7-18)36-25(31)27(4)5/h6-11,13,16-17,21,29H,12,14-15H2,1-5H3,(H,26,30). The molecule has 0 radical (unpaired) electrons. The van der Waals surface area contributed by atoms with Crippen molar-refractivity contribution in [1.29, 1.82) is 0 Å². The first-order chi connectivity index (χ1) is 17.9. The molecule has 0 aliphatic carbocycles. The SMILES string of the molecule is CC(C)CN(OC(=O)NC(Cc1ccc(OC(=O)N(C)C)cc1)C(C)O)S(=O)(=O)c1ccc2c(c1)OCO2. The number of carbonyl (C=O) groups is 2. The van der Waals surface area contributed by atoms with Crippen molar-refractivity contribution >= 4 is 22.2 Å². The van der Waals surface area contributed by atoms with E-state index in [9.17, 15) is 23.1 Å². The molecular formula is C25H33N3O9S. The molecule has 0 saturated heterocycles. The molecule has 2 unspecified atom stereocenters. The Balaban J connectivity index is 1.70. The number of amides is 2. The van der Waals surface area contributed by atoms with Crippen LogP contribution in [-0.4, -0.2) is 74.7 Å². The van der Waals surface area contributed by atoms with E-state index in [0.717, 1.165) is 5.56 Å². The van der Waals surface area contributed by atoms with Crippen LogP contribution < -0.4 is 19.5 Å². The average molecular weight is 552 g/mol. The van der Waals surface area contributed by atoms with Gasteiger partial charge in [-0.3, -0.25) is 0 Å². The van der Waals surface area contributed by atoms with Gasteiger partial charge in [0.1, 0.15) is 5.75 Å². The van der Waals surface area contributed by atoms with Gasteiger partial charge in [0.05, 0.1) is 23.6 Å². The fraction of sp³-hybridized carbons (Fsp3) is 0.440. The van der Waals surface area contributed by atoms with Crippen LogP contribution in [-0.2, 0) is 21.3 Å². The smallest absolute Gasteiger partial charge is 0.427 e. The van der Waals surface area contributed by atoms with E-state index in [1.807, 2.05) is 0 Å². The van der Waals surface area contributed by atoms with Gasteiger partial charge in [0, 0.05) is 20.2 Å². The van der Waals surface area contributed by atoms with Gasteiger partial charge in [-0.05, 0) is 53.6 Å². The van der Waals surface area contributed by atoms with Crippen LogP contribution >= 0.6 is 0 Å². The Kier molecular flexibility index (Phi) is 9.41. The topological polar surface area (TPSA) is 144 Å². The Morgan fingerprint density at radius 1 is 1.05 bits per heavy atom. The van der Waals surface area contributed by atoms with Gasteiger partial charge in [-0.2, -0.15) is 0 Å². The lowest BCUT2D eigenvalue weighted by molar-refractivity contribution is -0.0323. The third-order valence-corrected chi connectivity index (χ3v) is 7.05. The van der Waals surface area contributed by atoms with Crippen molar-refractivity contribution in [2.24, 2.45) is 5.92 Å². The van der Waals surface area contributed by atoms with Crippen LogP contribution in [0, 0.1) is 5.92 Å². The third-order valence-electron chi connectivity index (χ3n) is 5.44. The first kappa shape index (κ1) is 29.0. The zero-order chi connectivity index (χ0) is 28.0. The molecule has 2 atom stereocenters. The van der Waals surface area contributed by atoms with Crippen molar-refractivity contribution < 1.29 is 42.2 Å². The molecule has 2 amide bonds. The molecule has 0 spiro atoms. The summed E-state index contributed by atoms with van der Waals surface area (Å²) in [5.74, 6) is 0.865. The highest BCUT2D eigenvalue weighted by Gasteiger charge is 2.32. The second-order valence-electron chi connectivity index (χ2n) is 9.38. The number of carbonyl (C=O) groups excluding carboxylic acids is 2. The van der Waals surface area contributed by atoms with Crippen LogP contribution in [0.25, 0.3) is 0 Å². The summed E-state index contributed by atoms with van der Waals surface area (Å²) in [4.78, 5) is 30.9. The second-order valence-corrected chi connectivity index (χ2v) is 11.2. The molecular weight excluding hydrogens is 518 g/mol. The van der Waals surface area contributed by atoms with E-state index in [1.165, 1.54) is 30.0 Å². The number of rotatable bonds is 10. The first-order valence-electron chi connectivity index (χ1n) is 11.9. The van der Waals surface area contributed by atoms with Gasteiger partial charge in [-0.25, -0.2) is 18.0 Å². The molecule has 12 nitrogen and oxygen atoms in total. The van der Waals surface area contributed by atoms with E-state index in [2.05, 4.69) is 5.32 Å². The maximum Gasteiger partial charge on any atom is 0.427 e. The van der Waals surface area contributed by atoms with Crippen molar-refractivity contribution in [3.8, 4) is 17.2 Å². The normalized spacial score (nSPS) is 14.2. The molecule has 0 aromatic heterocycles. The number of hydroxylamine groups is 1. The highest BCUT2D eigenvalue weighted by Crippen LogP contribution is 2.34. The highest BCUT2D eigenvalue weighted by atomic mass is 32.2. The van der Waals surface area contributed by atoms with Gasteiger partial charge in [0.25, 0.3) is 10.0 Å². The quantitative estimate of drug-likeness (QED) is 0.426. The molecule has 208 valence electrons. The van der Waals surface area contributed by atoms with Crippen molar-refractivity contribution in [2.45, 2.75) is 44.2 Å². The first-order valence-corrected chi connectivity index (χ1v) is 13.4. The van der Waals surface area contributed by atoms with Crippen LogP contribution in [0.5, 0.6) is 17.2 Å². The van der Waals surface area contributed by atoms with E-state index in [-0.39, 0.29) is 36.3 Å². The summed E-state index contributed by atoms with van der Waals surface area (Å²) in [5, 5.41) is 12.8. The highest BCUT2D eigenvalue weighted by molar-refractivity contribution is 7.89. The monoisotopic (exact) mass is 551 g/mol. The summed E-state index contributed by atoms with van der Waals surface area (Å²) in [7, 11) is -1.11.